The van der Waals surface area contributed by atoms with E-state index in [9.17, 15) is 5.11 Å². The molecule has 1 unspecified atom stereocenters. The van der Waals surface area contributed by atoms with Crippen molar-refractivity contribution in [3.05, 3.63) is 24.0 Å². The van der Waals surface area contributed by atoms with Gasteiger partial charge in [-0.15, -0.1) is 0 Å². The Bertz CT molecular complexity index is 450. The number of nitrogens with zero attached hydrogens (tertiary/aromatic N) is 1. The van der Waals surface area contributed by atoms with Crippen molar-refractivity contribution in [1.29, 1.82) is 0 Å². The molecule has 0 amide bonds. The number of rotatable bonds is 2. The minimum absolute atomic E-state index is 0.0850. The van der Waals surface area contributed by atoms with Crippen molar-refractivity contribution in [3.8, 4) is 5.75 Å². The summed E-state index contributed by atoms with van der Waals surface area (Å²) in [6.45, 7) is 1.98. The lowest BCUT2D eigenvalue weighted by atomic mass is 10.1. The number of hydrogen-bond acceptors (Lipinski definition) is 4. The van der Waals surface area contributed by atoms with E-state index >= 15 is 0 Å². The van der Waals surface area contributed by atoms with Gasteiger partial charge < -0.3 is 14.9 Å². The fraction of sp³-hybridized carbons (Fsp3) is 0.300. The van der Waals surface area contributed by atoms with Gasteiger partial charge in [0.25, 0.3) is 0 Å². The zero-order valence-corrected chi connectivity index (χ0v) is 8.11. The molecule has 2 rings (SSSR count). The molecule has 74 valence electrons. The van der Waals surface area contributed by atoms with Crippen LogP contribution in [0.3, 0.4) is 0 Å². The standard InChI is InChI=1S/C10H12N2O2/c1-6(11-2)10-7-4-3-5-8(13)9(7)12-14-10/h3-6,11,13H,1-2H3. The average Bonchev–Trinajstić information content (AvgIpc) is 2.62. The molecule has 1 aromatic carbocycles. The Morgan fingerprint density at radius 3 is 3.00 bits per heavy atom. The van der Waals surface area contributed by atoms with Crippen molar-refractivity contribution in [2.75, 3.05) is 7.05 Å². The third-order valence-electron chi connectivity index (χ3n) is 2.34. The van der Waals surface area contributed by atoms with Crippen LogP contribution in [0.2, 0.25) is 0 Å². The molecule has 0 fully saturated rings. The molecule has 0 spiro atoms. The molecule has 1 atom stereocenters. The molecule has 4 heteroatoms. The van der Waals surface area contributed by atoms with Crippen LogP contribution < -0.4 is 5.32 Å². The summed E-state index contributed by atoms with van der Waals surface area (Å²) in [4.78, 5) is 0. The normalized spacial score (nSPS) is 13.3. The average molecular weight is 192 g/mol. The Labute approximate surface area is 81.5 Å². The molecule has 1 heterocycles. The van der Waals surface area contributed by atoms with Gasteiger partial charge in [-0.1, -0.05) is 11.2 Å². The number of phenolic OH excluding ortho intramolecular Hbond substituents is 1. The molecule has 0 radical (unpaired) electrons. The van der Waals surface area contributed by atoms with Gasteiger partial charge in [0.2, 0.25) is 0 Å². The molecule has 14 heavy (non-hydrogen) atoms. The summed E-state index contributed by atoms with van der Waals surface area (Å²) < 4.78 is 5.18. The van der Waals surface area contributed by atoms with Crippen LogP contribution in [0.5, 0.6) is 5.75 Å². The van der Waals surface area contributed by atoms with E-state index in [4.69, 9.17) is 4.52 Å². The van der Waals surface area contributed by atoms with Crippen molar-refractivity contribution in [2.24, 2.45) is 0 Å². The summed E-state index contributed by atoms with van der Waals surface area (Å²) >= 11 is 0. The molecule has 0 saturated heterocycles. The van der Waals surface area contributed by atoms with Crippen LogP contribution in [0, 0.1) is 0 Å². The van der Waals surface area contributed by atoms with E-state index in [2.05, 4.69) is 10.5 Å². The molecule has 2 aromatic rings. The quantitative estimate of drug-likeness (QED) is 0.761. The van der Waals surface area contributed by atoms with Crippen LogP contribution in [0.25, 0.3) is 10.9 Å². The Kier molecular flexibility index (Phi) is 2.13. The maximum absolute atomic E-state index is 9.50. The summed E-state index contributed by atoms with van der Waals surface area (Å²) in [5, 5.41) is 17.2. The highest BCUT2D eigenvalue weighted by Gasteiger charge is 2.15. The second kappa shape index (κ2) is 3.31. The van der Waals surface area contributed by atoms with E-state index in [1.165, 1.54) is 0 Å². The van der Waals surface area contributed by atoms with Gasteiger partial charge in [-0.3, -0.25) is 0 Å². The summed E-state index contributed by atoms with van der Waals surface area (Å²) in [6.07, 6.45) is 0. The minimum Gasteiger partial charge on any atom is -0.506 e. The zero-order chi connectivity index (χ0) is 10.1. The second-order valence-electron chi connectivity index (χ2n) is 3.23. The highest BCUT2D eigenvalue weighted by molar-refractivity contribution is 5.85. The summed E-state index contributed by atoms with van der Waals surface area (Å²) in [5.41, 5.74) is 0.518. The van der Waals surface area contributed by atoms with Gasteiger partial charge in [0.1, 0.15) is 5.75 Å². The monoisotopic (exact) mass is 192 g/mol. The van der Waals surface area contributed by atoms with Crippen LogP contribution >= 0.6 is 0 Å². The predicted molar refractivity (Wildman–Crippen MR) is 53.1 cm³/mol. The predicted octanol–water partition coefficient (Wildman–Crippen LogP) is 1.81. The van der Waals surface area contributed by atoms with Crippen LogP contribution in [-0.2, 0) is 0 Å². The van der Waals surface area contributed by atoms with Crippen molar-refractivity contribution < 1.29 is 9.63 Å². The Morgan fingerprint density at radius 2 is 2.29 bits per heavy atom. The number of aromatic hydroxyl groups is 1. The van der Waals surface area contributed by atoms with Gasteiger partial charge in [-0.25, -0.2) is 0 Å². The molecule has 2 N–H and O–H groups in total. The van der Waals surface area contributed by atoms with E-state index in [1.54, 1.807) is 12.1 Å². The van der Waals surface area contributed by atoms with Gasteiger partial charge in [0.15, 0.2) is 11.3 Å². The van der Waals surface area contributed by atoms with Gasteiger partial charge in [-0.05, 0) is 26.1 Å². The largest absolute Gasteiger partial charge is 0.506 e. The van der Waals surface area contributed by atoms with Crippen LogP contribution in [0.1, 0.15) is 18.7 Å². The minimum atomic E-state index is 0.0850. The first-order valence-electron chi connectivity index (χ1n) is 4.48. The van der Waals surface area contributed by atoms with Crippen LogP contribution in [0.15, 0.2) is 22.7 Å². The number of phenols is 1. The second-order valence-corrected chi connectivity index (χ2v) is 3.23. The first-order valence-corrected chi connectivity index (χ1v) is 4.48. The number of fused-ring (bicyclic) bond motifs is 1. The fourth-order valence-corrected chi connectivity index (χ4v) is 1.41. The molecular weight excluding hydrogens is 180 g/mol. The van der Waals surface area contributed by atoms with Gasteiger partial charge >= 0.3 is 0 Å². The third-order valence-corrected chi connectivity index (χ3v) is 2.34. The number of benzene rings is 1. The van der Waals surface area contributed by atoms with Crippen LogP contribution in [0.4, 0.5) is 0 Å². The van der Waals surface area contributed by atoms with E-state index in [-0.39, 0.29) is 11.8 Å². The number of hydrogen-bond donors (Lipinski definition) is 2. The molecule has 1 aromatic heterocycles. The number of nitrogens with one attached hydrogen (secondary N) is 1. The van der Waals surface area contributed by atoms with E-state index < -0.39 is 0 Å². The molecule has 0 aliphatic carbocycles. The molecular formula is C10H12N2O2. The van der Waals surface area contributed by atoms with Gasteiger partial charge in [0, 0.05) is 0 Å². The van der Waals surface area contributed by atoms with Crippen molar-refractivity contribution in [2.45, 2.75) is 13.0 Å². The summed E-state index contributed by atoms with van der Waals surface area (Å²) in [5.74, 6) is 0.902. The van der Waals surface area contributed by atoms with E-state index in [0.29, 0.717) is 5.52 Å². The Balaban J connectivity index is 2.63. The topological polar surface area (TPSA) is 58.3 Å². The highest BCUT2D eigenvalue weighted by Crippen LogP contribution is 2.29. The van der Waals surface area contributed by atoms with Gasteiger partial charge in [0.05, 0.1) is 11.4 Å². The maximum atomic E-state index is 9.50. The summed E-state index contributed by atoms with van der Waals surface area (Å²) in [7, 11) is 1.85. The Hall–Kier alpha value is -1.55. The van der Waals surface area contributed by atoms with Crippen molar-refractivity contribution in [1.82, 2.24) is 10.5 Å². The molecule has 0 saturated carbocycles. The van der Waals surface area contributed by atoms with E-state index in [0.717, 1.165) is 11.1 Å². The Morgan fingerprint density at radius 1 is 1.50 bits per heavy atom. The lowest BCUT2D eigenvalue weighted by molar-refractivity contribution is 0.359. The molecule has 4 nitrogen and oxygen atoms in total. The fourth-order valence-electron chi connectivity index (χ4n) is 1.41. The number of aromatic nitrogens is 1. The SMILES string of the molecule is CNC(C)c1onc2c(O)cccc12. The lowest BCUT2D eigenvalue weighted by Crippen LogP contribution is -2.11. The lowest BCUT2D eigenvalue weighted by Gasteiger charge is -2.04. The first kappa shape index (κ1) is 9.02. The summed E-state index contributed by atoms with van der Waals surface area (Å²) in [6, 6.07) is 5.34. The zero-order valence-electron chi connectivity index (χ0n) is 8.11. The third kappa shape index (κ3) is 1.24. The van der Waals surface area contributed by atoms with Crippen LogP contribution in [-0.4, -0.2) is 17.3 Å². The molecule has 0 aliphatic rings. The van der Waals surface area contributed by atoms with Crippen molar-refractivity contribution >= 4 is 10.9 Å². The highest BCUT2D eigenvalue weighted by atomic mass is 16.5. The first-order chi connectivity index (χ1) is 6.74. The smallest absolute Gasteiger partial charge is 0.161 e. The van der Waals surface area contributed by atoms with Gasteiger partial charge in [-0.2, -0.15) is 0 Å². The molecule has 0 aliphatic heterocycles. The molecule has 0 bridgehead atoms. The van der Waals surface area contributed by atoms with Crippen molar-refractivity contribution in [3.63, 3.8) is 0 Å². The van der Waals surface area contributed by atoms with E-state index in [1.807, 2.05) is 20.0 Å². The maximum Gasteiger partial charge on any atom is 0.161 e.